The predicted octanol–water partition coefficient (Wildman–Crippen LogP) is 2.09. The summed E-state index contributed by atoms with van der Waals surface area (Å²) in [7, 11) is 0. The molecule has 1 aromatic heterocycles. The number of amides is 1. The lowest BCUT2D eigenvalue weighted by Gasteiger charge is -2.08. The van der Waals surface area contributed by atoms with E-state index < -0.39 is 11.9 Å². The molecule has 0 bridgehead atoms. The molecule has 3 aromatic rings. The summed E-state index contributed by atoms with van der Waals surface area (Å²) >= 11 is 0. The normalized spacial score (nSPS) is 15.4. The third kappa shape index (κ3) is 2.96. The Bertz CT molecular complexity index is 1320. The number of anilines is 1. The molecule has 30 heavy (non-hydrogen) atoms. The zero-order valence-electron chi connectivity index (χ0n) is 15.5. The highest BCUT2D eigenvalue weighted by molar-refractivity contribution is 6.36. The Morgan fingerprint density at radius 1 is 1.13 bits per heavy atom. The van der Waals surface area contributed by atoms with E-state index >= 15 is 0 Å². The number of hydrogen-bond acceptors (Lipinski definition) is 6. The van der Waals surface area contributed by atoms with Crippen LogP contribution in [-0.2, 0) is 16.1 Å². The van der Waals surface area contributed by atoms with Crippen LogP contribution in [-0.4, -0.2) is 33.3 Å². The Hall–Kier alpha value is -4.14. The molecular weight excluding hydrogens is 390 g/mol. The molecule has 2 N–H and O–H groups in total. The molecule has 1 amide bonds. The van der Waals surface area contributed by atoms with Crippen LogP contribution in [0, 0.1) is 0 Å². The number of nitrogens with one attached hydrogen (secondary N) is 1. The molecule has 150 valence electrons. The monoisotopic (exact) mass is 405 g/mol. The molecule has 2 aromatic carbocycles. The van der Waals surface area contributed by atoms with Gasteiger partial charge in [0.05, 0.1) is 10.9 Å². The molecule has 0 unspecified atom stereocenters. The Morgan fingerprint density at radius 2 is 1.97 bits per heavy atom. The third-order valence-electron chi connectivity index (χ3n) is 5.04. The van der Waals surface area contributed by atoms with E-state index in [1.165, 1.54) is 18.2 Å². The van der Waals surface area contributed by atoms with Crippen molar-refractivity contribution in [1.82, 2.24) is 9.55 Å². The number of aromatic nitrogens is 2. The first-order valence-electron chi connectivity index (χ1n) is 9.19. The van der Waals surface area contributed by atoms with Gasteiger partial charge in [-0.1, -0.05) is 6.07 Å². The average molecular weight is 405 g/mol. The van der Waals surface area contributed by atoms with Crippen LogP contribution in [0.5, 0.6) is 11.5 Å². The van der Waals surface area contributed by atoms with Crippen molar-refractivity contribution in [3.8, 4) is 11.5 Å². The van der Waals surface area contributed by atoms with Gasteiger partial charge in [-0.15, -0.1) is 0 Å². The average Bonchev–Trinajstić information content (AvgIpc) is 3.35. The number of rotatable bonds is 2. The quantitative estimate of drug-likeness (QED) is 0.627. The van der Waals surface area contributed by atoms with Crippen molar-refractivity contribution in [2.24, 2.45) is 0 Å². The van der Waals surface area contributed by atoms with Gasteiger partial charge < -0.3 is 19.9 Å². The smallest absolute Gasteiger partial charge is 0.394 e. The van der Waals surface area contributed by atoms with Gasteiger partial charge in [-0.05, 0) is 54.0 Å². The van der Waals surface area contributed by atoms with Gasteiger partial charge in [-0.25, -0.2) is 9.78 Å². The summed E-state index contributed by atoms with van der Waals surface area (Å²) < 4.78 is 12.4. The summed E-state index contributed by atoms with van der Waals surface area (Å²) in [5.41, 5.74) is 2.26. The summed E-state index contributed by atoms with van der Waals surface area (Å²) in [6, 6.07) is 10.1. The number of benzene rings is 2. The second-order valence-electron chi connectivity index (χ2n) is 6.92. The van der Waals surface area contributed by atoms with E-state index in [1.807, 2.05) is 24.3 Å². The molecule has 0 atom stereocenters. The first kappa shape index (κ1) is 17.9. The largest absolute Gasteiger partial charge is 0.474 e. The van der Waals surface area contributed by atoms with Crippen molar-refractivity contribution in [2.45, 2.75) is 13.0 Å². The summed E-state index contributed by atoms with van der Waals surface area (Å²) in [5.74, 6) is -0.834. The number of fused-ring (bicyclic) bond motifs is 3. The fraction of sp³-hybridized carbons (Fsp3) is 0.143. The SMILES string of the molecule is O=C(O)C(=O)Nc1ccc2c(=O)n3c(nc2c1)C(=Cc1ccc2c(c1)OCO2)CC3. The number of carboxylic acid groups (broad SMARTS) is 1. The molecule has 5 rings (SSSR count). The fourth-order valence-corrected chi connectivity index (χ4v) is 3.62. The molecule has 0 saturated heterocycles. The molecule has 9 heteroatoms. The van der Waals surface area contributed by atoms with E-state index in [2.05, 4.69) is 10.3 Å². The van der Waals surface area contributed by atoms with Crippen molar-refractivity contribution in [2.75, 3.05) is 12.1 Å². The number of nitrogens with zero attached hydrogens (tertiary/aromatic N) is 2. The minimum atomic E-state index is -1.59. The maximum Gasteiger partial charge on any atom is 0.394 e. The lowest BCUT2D eigenvalue weighted by atomic mass is 10.1. The molecule has 9 nitrogen and oxygen atoms in total. The highest BCUT2D eigenvalue weighted by atomic mass is 16.7. The second-order valence-corrected chi connectivity index (χ2v) is 6.92. The Kier molecular flexibility index (Phi) is 4.02. The highest BCUT2D eigenvalue weighted by Gasteiger charge is 2.22. The summed E-state index contributed by atoms with van der Waals surface area (Å²) in [4.78, 5) is 39.7. The molecular formula is C21H15N3O6. The van der Waals surface area contributed by atoms with E-state index in [0.717, 1.165) is 11.1 Å². The molecule has 3 heterocycles. The summed E-state index contributed by atoms with van der Waals surface area (Å²) in [5, 5.41) is 11.4. The summed E-state index contributed by atoms with van der Waals surface area (Å²) in [6.07, 6.45) is 2.60. The molecule has 0 radical (unpaired) electrons. The van der Waals surface area contributed by atoms with E-state index in [4.69, 9.17) is 14.6 Å². The van der Waals surface area contributed by atoms with E-state index in [1.54, 1.807) is 4.57 Å². The van der Waals surface area contributed by atoms with Gasteiger partial charge in [0.25, 0.3) is 5.56 Å². The number of hydrogen-bond donors (Lipinski definition) is 2. The number of carbonyl (C=O) groups is 2. The number of allylic oxidation sites excluding steroid dienone is 1. The Morgan fingerprint density at radius 3 is 2.80 bits per heavy atom. The number of ether oxygens (including phenoxy) is 2. The molecule has 2 aliphatic heterocycles. The number of carboxylic acids is 1. The van der Waals surface area contributed by atoms with Crippen molar-refractivity contribution in [3.63, 3.8) is 0 Å². The molecule has 0 spiro atoms. The minimum absolute atomic E-state index is 0.180. The molecule has 0 fully saturated rings. The van der Waals surface area contributed by atoms with Gasteiger partial charge in [-0.2, -0.15) is 0 Å². The van der Waals surface area contributed by atoms with Crippen LogP contribution in [0.1, 0.15) is 17.8 Å². The lowest BCUT2D eigenvalue weighted by Crippen LogP contribution is -2.23. The van der Waals surface area contributed by atoms with Gasteiger partial charge >= 0.3 is 11.9 Å². The first-order valence-corrected chi connectivity index (χ1v) is 9.19. The Balaban J connectivity index is 1.56. The van der Waals surface area contributed by atoms with Gasteiger partial charge in [0.2, 0.25) is 6.79 Å². The number of carbonyl (C=O) groups excluding carboxylic acids is 1. The van der Waals surface area contributed by atoms with Crippen LogP contribution >= 0.6 is 0 Å². The van der Waals surface area contributed by atoms with Crippen LogP contribution in [0.15, 0.2) is 41.2 Å². The van der Waals surface area contributed by atoms with Gasteiger partial charge in [0.15, 0.2) is 11.5 Å². The Labute approximate surface area is 169 Å². The first-order chi connectivity index (χ1) is 14.5. The van der Waals surface area contributed by atoms with E-state index in [0.29, 0.717) is 41.2 Å². The van der Waals surface area contributed by atoms with Gasteiger partial charge in [-0.3, -0.25) is 14.2 Å². The number of aliphatic carboxylic acids is 1. The van der Waals surface area contributed by atoms with Crippen LogP contribution in [0.3, 0.4) is 0 Å². The maximum absolute atomic E-state index is 12.9. The van der Waals surface area contributed by atoms with Crippen LogP contribution in [0.25, 0.3) is 22.6 Å². The third-order valence-corrected chi connectivity index (χ3v) is 5.04. The van der Waals surface area contributed by atoms with Crippen molar-refractivity contribution in [3.05, 3.63) is 58.1 Å². The van der Waals surface area contributed by atoms with Gasteiger partial charge in [0.1, 0.15) is 5.82 Å². The molecule has 2 aliphatic rings. The second kappa shape index (κ2) is 6.73. The minimum Gasteiger partial charge on any atom is -0.474 e. The zero-order chi connectivity index (χ0) is 20.8. The van der Waals surface area contributed by atoms with E-state index in [9.17, 15) is 14.4 Å². The molecule has 0 saturated carbocycles. The zero-order valence-corrected chi connectivity index (χ0v) is 15.5. The van der Waals surface area contributed by atoms with Crippen LogP contribution < -0.4 is 20.3 Å². The maximum atomic E-state index is 12.9. The van der Waals surface area contributed by atoms with Crippen LogP contribution in [0.2, 0.25) is 0 Å². The fourth-order valence-electron chi connectivity index (χ4n) is 3.62. The lowest BCUT2D eigenvalue weighted by molar-refractivity contribution is -0.147. The van der Waals surface area contributed by atoms with Crippen molar-refractivity contribution >= 4 is 40.1 Å². The predicted molar refractivity (Wildman–Crippen MR) is 107 cm³/mol. The topological polar surface area (TPSA) is 120 Å². The highest BCUT2D eigenvalue weighted by Crippen LogP contribution is 2.35. The van der Waals surface area contributed by atoms with Gasteiger partial charge in [0, 0.05) is 12.2 Å². The van der Waals surface area contributed by atoms with Crippen molar-refractivity contribution in [1.29, 1.82) is 0 Å². The summed E-state index contributed by atoms with van der Waals surface area (Å²) in [6.45, 7) is 0.715. The van der Waals surface area contributed by atoms with E-state index in [-0.39, 0.29) is 18.0 Å². The molecule has 0 aliphatic carbocycles. The standard InChI is InChI=1S/C21H15N3O6/c25-19(21(27)28)22-13-2-3-14-15(9-13)23-18-12(5-6-24(18)20(14)26)7-11-1-4-16-17(8-11)30-10-29-16/h1-4,7-9H,5-6,10H2,(H,22,25)(H,27,28). The van der Waals surface area contributed by atoms with Crippen molar-refractivity contribution < 1.29 is 24.2 Å². The van der Waals surface area contributed by atoms with Crippen LogP contribution in [0.4, 0.5) is 5.69 Å².